The van der Waals surface area contributed by atoms with Gasteiger partial charge in [-0.05, 0) is 54.5 Å². The minimum atomic E-state index is -0.282. The van der Waals surface area contributed by atoms with Crippen molar-refractivity contribution >= 4 is 46.5 Å². The molecular weight excluding hydrogens is 460 g/mol. The molecule has 0 saturated carbocycles. The highest BCUT2D eigenvalue weighted by Crippen LogP contribution is 2.24. The average molecular weight is 497 g/mol. The van der Waals surface area contributed by atoms with E-state index in [4.69, 9.17) is 36.3 Å². The van der Waals surface area contributed by atoms with Crippen molar-refractivity contribution in [2.45, 2.75) is 59.8 Å². The third-order valence-corrected chi connectivity index (χ3v) is 5.33. The van der Waals surface area contributed by atoms with Crippen LogP contribution in [-0.4, -0.2) is 48.2 Å². The Bertz CT molecular complexity index is 694. The van der Waals surface area contributed by atoms with Crippen LogP contribution in [-0.2, 0) is 9.59 Å². The van der Waals surface area contributed by atoms with E-state index in [1.54, 1.807) is 6.19 Å². The largest absolute Gasteiger partial charge is 0.363 e. The van der Waals surface area contributed by atoms with E-state index in [-0.39, 0.29) is 35.5 Å². The van der Waals surface area contributed by atoms with Gasteiger partial charge in [-0.3, -0.25) is 14.9 Å². The molecule has 0 aliphatic rings. The number of carbonyl (C=O) groups excluding carboxylic acids is 2. The number of thiocarbonyl (C=S) groups is 2. The number of carbonyl (C=O) groups is 2. The lowest BCUT2D eigenvalue weighted by atomic mass is 9.85. The number of nitrogens with zero attached hydrogens (tertiary/aromatic N) is 2. The fraction of sp³-hybridized carbons (Fsp3) is 0.714. The maximum absolute atomic E-state index is 11.5. The average Bonchev–Trinajstić information content (AvgIpc) is 2.66. The van der Waals surface area contributed by atoms with Crippen molar-refractivity contribution in [1.82, 2.24) is 32.0 Å². The first-order valence-corrected chi connectivity index (χ1v) is 11.6. The fourth-order valence-electron chi connectivity index (χ4n) is 2.90. The molecule has 12 heteroatoms. The van der Waals surface area contributed by atoms with E-state index in [1.807, 2.05) is 27.7 Å². The zero-order chi connectivity index (χ0) is 25.3. The Kier molecular flexibility index (Phi) is 14.7. The van der Waals surface area contributed by atoms with Crippen molar-refractivity contribution in [2.24, 2.45) is 10.8 Å². The Morgan fingerprint density at radius 2 is 1.27 bits per heavy atom. The maximum Gasteiger partial charge on any atom is 0.288 e. The van der Waals surface area contributed by atoms with E-state index in [2.05, 4.69) is 37.0 Å². The predicted octanol–water partition coefficient (Wildman–Crippen LogP) is 1.47. The third kappa shape index (κ3) is 17.5. The second-order valence-corrected chi connectivity index (χ2v) is 10.0. The van der Waals surface area contributed by atoms with Gasteiger partial charge >= 0.3 is 0 Å². The molecule has 0 aromatic heterocycles. The van der Waals surface area contributed by atoms with Crippen LogP contribution in [0.2, 0.25) is 0 Å². The van der Waals surface area contributed by atoms with E-state index in [1.165, 1.54) is 0 Å². The summed E-state index contributed by atoms with van der Waals surface area (Å²) in [6, 6.07) is 0. The standard InChI is InChI=1S/C21H36N8O2S2/c1-20(2,13-16(30)28-15-22)7-11-26-18(32)24-9-6-10-25-19(33)27-12-8-21(3,4)14-17(31)29-23-5/h6-14H2,1-4H3,(H,28,30)(H,29,31)(H2,24,26,32)(H2,25,27,33). The lowest BCUT2D eigenvalue weighted by Crippen LogP contribution is -2.40. The van der Waals surface area contributed by atoms with Gasteiger partial charge in [-0.25, -0.2) is 0 Å². The minimum Gasteiger partial charge on any atom is -0.363 e. The van der Waals surface area contributed by atoms with E-state index in [0.29, 0.717) is 36.4 Å². The molecule has 0 rings (SSSR count). The summed E-state index contributed by atoms with van der Waals surface area (Å²) >= 11 is 10.5. The molecule has 0 spiro atoms. The minimum absolute atomic E-state index is 0.234. The van der Waals surface area contributed by atoms with Gasteiger partial charge in [0.1, 0.15) is 0 Å². The van der Waals surface area contributed by atoms with Crippen molar-refractivity contribution in [3.8, 4) is 6.19 Å². The first kappa shape index (κ1) is 30.3. The molecule has 0 aromatic carbocycles. The second-order valence-electron chi connectivity index (χ2n) is 9.21. The van der Waals surface area contributed by atoms with E-state index in [9.17, 15) is 9.59 Å². The summed E-state index contributed by atoms with van der Waals surface area (Å²) in [5.74, 6) is -0.557. The van der Waals surface area contributed by atoms with Gasteiger partial charge in [0.25, 0.3) is 5.91 Å². The van der Waals surface area contributed by atoms with Crippen LogP contribution in [0.15, 0.2) is 0 Å². The van der Waals surface area contributed by atoms with Gasteiger partial charge in [-0.2, -0.15) is 16.8 Å². The van der Waals surface area contributed by atoms with E-state index < -0.39 is 0 Å². The Hall–Kier alpha value is -2.70. The molecule has 0 heterocycles. The van der Waals surface area contributed by atoms with Gasteiger partial charge in [-0.15, -0.1) is 0 Å². The third-order valence-electron chi connectivity index (χ3n) is 4.75. The van der Waals surface area contributed by atoms with Gasteiger partial charge < -0.3 is 21.3 Å². The topological polar surface area (TPSA) is 134 Å². The quantitative estimate of drug-likeness (QED) is 0.0528. The lowest BCUT2D eigenvalue weighted by molar-refractivity contribution is -0.123. The number of amides is 2. The van der Waals surface area contributed by atoms with Crippen LogP contribution in [0.1, 0.15) is 59.8 Å². The summed E-state index contributed by atoms with van der Waals surface area (Å²) in [5.41, 5.74) is 1.65. The molecule has 0 atom stereocenters. The van der Waals surface area contributed by atoms with Gasteiger partial charge in [0.05, 0.1) is 0 Å². The van der Waals surface area contributed by atoms with Crippen molar-refractivity contribution in [3.05, 3.63) is 11.5 Å². The Labute approximate surface area is 207 Å². The zero-order valence-corrected chi connectivity index (χ0v) is 21.5. The van der Waals surface area contributed by atoms with Crippen molar-refractivity contribution in [1.29, 1.82) is 5.26 Å². The van der Waals surface area contributed by atoms with Crippen LogP contribution in [0, 0.1) is 28.9 Å². The molecule has 0 bridgehead atoms. The zero-order valence-electron chi connectivity index (χ0n) is 19.9. The monoisotopic (exact) mass is 496 g/mol. The predicted molar refractivity (Wildman–Crippen MR) is 136 cm³/mol. The molecule has 0 aromatic rings. The number of rotatable bonds is 14. The summed E-state index contributed by atoms with van der Waals surface area (Å²) in [7, 11) is 0. The van der Waals surface area contributed by atoms with Gasteiger partial charge in [0.2, 0.25) is 5.91 Å². The highest BCUT2D eigenvalue weighted by atomic mass is 32.1. The SMILES string of the molecule is [C-]#[N+]NC(=O)CC(C)(C)CCNC(=S)NCCCNC(=S)NCCC(C)(C)CC(=O)NC#N. The highest BCUT2D eigenvalue weighted by Gasteiger charge is 2.23. The van der Waals surface area contributed by atoms with Crippen LogP contribution in [0.3, 0.4) is 0 Å². The van der Waals surface area contributed by atoms with Gasteiger partial charge in [0, 0.05) is 39.0 Å². The molecule has 0 saturated heterocycles. The number of nitrogens with one attached hydrogen (secondary N) is 6. The van der Waals surface area contributed by atoms with Crippen molar-refractivity contribution in [3.63, 3.8) is 0 Å². The Balaban J connectivity index is 3.86. The summed E-state index contributed by atoms with van der Waals surface area (Å²) in [6.45, 7) is 17.2. The molecular formula is C21H36N8O2S2. The Morgan fingerprint density at radius 1 is 0.848 bits per heavy atom. The normalized spacial score (nSPS) is 10.7. The van der Waals surface area contributed by atoms with Gasteiger partial charge in [0.15, 0.2) is 16.4 Å². The van der Waals surface area contributed by atoms with Crippen LogP contribution < -0.4 is 32.0 Å². The van der Waals surface area contributed by atoms with E-state index in [0.717, 1.165) is 19.3 Å². The number of nitriles is 1. The molecule has 0 aliphatic heterocycles. The van der Waals surface area contributed by atoms with Crippen LogP contribution >= 0.6 is 24.4 Å². The van der Waals surface area contributed by atoms with Gasteiger partial charge in [-0.1, -0.05) is 33.1 Å². The fourth-order valence-corrected chi connectivity index (χ4v) is 3.31. The summed E-state index contributed by atoms with van der Waals surface area (Å²) in [6.07, 6.45) is 4.48. The van der Waals surface area contributed by atoms with Crippen LogP contribution in [0.5, 0.6) is 0 Å². The first-order chi connectivity index (χ1) is 15.4. The first-order valence-electron chi connectivity index (χ1n) is 10.8. The molecule has 33 heavy (non-hydrogen) atoms. The number of hydrogen-bond acceptors (Lipinski definition) is 5. The molecule has 0 fully saturated rings. The van der Waals surface area contributed by atoms with Crippen molar-refractivity contribution < 1.29 is 9.59 Å². The summed E-state index contributed by atoms with van der Waals surface area (Å²) in [4.78, 5) is 26.0. The summed E-state index contributed by atoms with van der Waals surface area (Å²) < 4.78 is 0. The molecule has 10 nitrogen and oxygen atoms in total. The van der Waals surface area contributed by atoms with Crippen molar-refractivity contribution in [2.75, 3.05) is 26.2 Å². The molecule has 0 unspecified atom stereocenters. The van der Waals surface area contributed by atoms with Crippen LogP contribution in [0.25, 0.3) is 4.95 Å². The molecule has 0 radical (unpaired) electrons. The molecule has 0 aliphatic carbocycles. The Morgan fingerprint density at radius 3 is 1.70 bits per heavy atom. The summed E-state index contributed by atoms with van der Waals surface area (Å²) in [5, 5.41) is 24.3. The second kappa shape index (κ2) is 16.0. The smallest absolute Gasteiger partial charge is 0.288 e. The molecule has 184 valence electrons. The van der Waals surface area contributed by atoms with Crippen LogP contribution in [0.4, 0.5) is 0 Å². The molecule has 2 amide bonds. The molecule has 6 N–H and O–H groups in total. The lowest BCUT2D eigenvalue weighted by Gasteiger charge is -2.23. The number of hydrogen-bond donors (Lipinski definition) is 6. The highest BCUT2D eigenvalue weighted by molar-refractivity contribution is 7.80. The van der Waals surface area contributed by atoms with E-state index >= 15 is 0 Å². The maximum atomic E-state index is 11.5.